The zero-order valence-electron chi connectivity index (χ0n) is 12.8. The monoisotopic (exact) mass is 376 g/mol. The molecule has 0 spiro atoms. The van der Waals surface area contributed by atoms with Gasteiger partial charge in [-0.1, -0.05) is 12.1 Å². The van der Waals surface area contributed by atoms with Gasteiger partial charge in [-0.3, -0.25) is 9.27 Å². The highest BCUT2D eigenvalue weighted by Crippen LogP contribution is 2.27. The maximum absolute atomic E-state index is 12.3. The smallest absolute Gasteiger partial charge is 0.358 e. The molecule has 24 heavy (non-hydrogen) atoms. The molecular formula is C12H16N4O6S2. The second kappa shape index (κ2) is 5.65. The van der Waals surface area contributed by atoms with E-state index < -0.39 is 22.4 Å². The third-order valence-electron chi connectivity index (χ3n) is 3.16. The van der Waals surface area contributed by atoms with Gasteiger partial charge in [0.1, 0.15) is 6.20 Å². The average Bonchev–Trinajstić information content (AvgIpc) is 2.85. The standard InChI is InChI=1S/C12H16N4O6S2/c1-23(19,20)24(2,21,22)14-11-5-3-4-10(6-11)7-15-8-12(13-9-15)16(17)18/h3-6,8-9H,7H2,1-2H3,(H2,14,21,22). The van der Waals surface area contributed by atoms with Crippen molar-refractivity contribution in [3.05, 3.63) is 52.5 Å². The highest BCUT2D eigenvalue weighted by Gasteiger charge is 2.32. The molecule has 1 aromatic heterocycles. The third kappa shape index (κ3) is 3.77. The molecule has 10 nitrogen and oxygen atoms in total. The number of benzene rings is 1. The number of nitrogens with zero attached hydrogens (tertiary/aromatic N) is 3. The number of imidazole rings is 1. The molecular weight excluding hydrogens is 360 g/mol. The lowest BCUT2D eigenvalue weighted by molar-refractivity contribution is -0.389. The molecule has 0 saturated carbocycles. The minimum Gasteiger partial charge on any atom is -0.358 e. The Morgan fingerprint density at radius 1 is 1.46 bits per heavy atom. The van der Waals surface area contributed by atoms with Gasteiger partial charge in [-0.15, -0.1) is 0 Å². The first-order valence-electron chi connectivity index (χ1n) is 6.49. The Kier molecular flexibility index (Phi) is 4.24. The van der Waals surface area contributed by atoms with E-state index in [1.165, 1.54) is 29.2 Å². The van der Waals surface area contributed by atoms with Gasteiger partial charge in [0.25, 0.3) is 8.87 Å². The minimum atomic E-state index is -5.12. The molecule has 0 atom stereocenters. The lowest BCUT2D eigenvalue weighted by atomic mass is 10.2. The molecule has 2 N–H and O–H groups in total. The molecule has 2 rings (SSSR count). The van der Waals surface area contributed by atoms with Crippen molar-refractivity contribution in [1.29, 1.82) is 0 Å². The molecule has 0 bridgehead atoms. The van der Waals surface area contributed by atoms with Gasteiger partial charge in [0.05, 0.1) is 24.7 Å². The molecule has 12 heteroatoms. The highest BCUT2D eigenvalue weighted by molar-refractivity contribution is 8.79. The van der Waals surface area contributed by atoms with Crippen LogP contribution in [0.15, 0.2) is 36.8 Å². The summed E-state index contributed by atoms with van der Waals surface area (Å²) in [6.07, 6.45) is 3.92. The van der Waals surface area contributed by atoms with Crippen molar-refractivity contribution in [3.8, 4) is 0 Å². The van der Waals surface area contributed by atoms with Gasteiger partial charge >= 0.3 is 5.82 Å². The summed E-state index contributed by atoms with van der Waals surface area (Å²) in [4.78, 5) is 13.6. The van der Waals surface area contributed by atoms with E-state index in [-0.39, 0.29) is 18.1 Å². The number of anilines is 1. The van der Waals surface area contributed by atoms with E-state index in [0.717, 1.165) is 6.26 Å². The van der Waals surface area contributed by atoms with Crippen LogP contribution in [0.2, 0.25) is 0 Å². The number of nitro groups is 1. The van der Waals surface area contributed by atoms with Gasteiger partial charge in [0, 0.05) is 0 Å². The summed E-state index contributed by atoms with van der Waals surface area (Å²) < 4.78 is 49.0. The van der Waals surface area contributed by atoms with Crippen LogP contribution in [0, 0.1) is 10.1 Å². The molecule has 132 valence electrons. The topological polar surface area (TPSA) is 144 Å². The van der Waals surface area contributed by atoms with E-state index in [9.17, 15) is 27.3 Å². The lowest BCUT2D eigenvalue weighted by Crippen LogP contribution is -2.45. The normalized spacial score (nSPS) is 13.9. The zero-order valence-corrected chi connectivity index (χ0v) is 14.5. The van der Waals surface area contributed by atoms with Gasteiger partial charge in [0.15, 0.2) is 0 Å². The molecule has 1 aromatic carbocycles. The third-order valence-corrected chi connectivity index (χ3v) is 9.81. The van der Waals surface area contributed by atoms with Gasteiger partial charge in [-0.2, -0.15) is 4.21 Å². The van der Waals surface area contributed by atoms with E-state index >= 15 is 0 Å². The predicted octanol–water partition coefficient (Wildman–Crippen LogP) is 1.05. The van der Waals surface area contributed by atoms with Crippen molar-refractivity contribution in [2.75, 3.05) is 17.2 Å². The van der Waals surface area contributed by atoms with E-state index in [2.05, 4.69) is 9.71 Å². The Balaban J connectivity index is 2.26. The summed E-state index contributed by atoms with van der Waals surface area (Å²) in [5.74, 6) is -0.298. The molecule has 0 saturated heterocycles. The van der Waals surface area contributed by atoms with Crippen molar-refractivity contribution in [2.45, 2.75) is 6.54 Å². The van der Waals surface area contributed by atoms with Crippen LogP contribution in [-0.4, -0.2) is 44.2 Å². The number of hydrogen-bond acceptors (Lipinski definition) is 6. The van der Waals surface area contributed by atoms with Crippen molar-refractivity contribution in [2.24, 2.45) is 0 Å². The molecule has 0 aliphatic heterocycles. The summed E-state index contributed by atoms with van der Waals surface area (Å²) >= 11 is 0. The van der Waals surface area contributed by atoms with Crippen molar-refractivity contribution < 1.29 is 22.1 Å². The molecule has 2 aromatic rings. The van der Waals surface area contributed by atoms with E-state index in [4.69, 9.17) is 0 Å². The van der Waals surface area contributed by atoms with Crippen LogP contribution in [0.5, 0.6) is 0 Å². The molecule has 0 fully saturated rings. The SMILES string of the molecule is CS(=O)(=O)S(C)(=O)(O)Nc1cccc(Cn2cnc([N+](=O)[O-])c2)c1. The van der Waals surface area contributed by atoms with Gasteiger partial charge in [0.2, 0.25) is 6.33 Å². The van der Waals surface area contributed by atoms with Crippen molar-refractivity contribution in [3.63, 3.8) is 0 Å². The predicted molar refractivity (Wildman–Crippen MR) is 89.6 cm³/mol. The maximum Gasteiger partial charge on any atom is 0.381 e. The van der Waals surface area contributed by atoms with Crippen LogP contribution in [0.1, 0.15) is 5.56 Å². The van der Waals surface area contributed by atoms with Crippen molar-refractivity contribution in [1.82, 2.24) is 9.55 Å². The molecule has 0 radical (unpaired) electrons. The Labute approximate surface area is 137 Å². The van der Waals surface area contributed by atoms with Gasteiger partial charge in [-0.25, -0.2) is 8.42 Å². The molecule has 0 unspecified atom stereocenters. The highest BCUT2D eigenvalue weighted by atomic mass is 33.2. The summed E-state index contributed by atoms with van der Waals surface area (Å²) in [6, 6.07) is 6.17. The Morgan fingerprint density at radius 2 is 2.12 bits per heavy atom. The van der Waals surface area contributed by atoms with E-state index in [1.807, 2.05) is 0 Å². The van der Waals surface area contributed by atoms with Crippen LogP contribution in [-0.2, 0) is 24.0 Å². The van der Waals surface area contributed by atoms with Crippen LogP contribution in [0.4, 0.5) is 11.5 Å². The number of aromatic nitrogens is 2. The molecule has 0 aliphatic carbocycles. The Hall–Kier alpha value is -2.31. The summed E-state index contributed by atoms with van der Waals surface area (Å²) in [7, 11) is -9.39. The first kappa shape index (κ1) is 18.0. The zero-order chi connectivity index (χ0) is 18.2. The molecule has 0 aliphatic rings. The summed E-state index contributed by atoms with van der Waals surface area (Å²) in [5.41, 5.74) is 0.762. The lowest BCUT2D eigenvalue weighted by Gasteiger charge is -2.38. The number of hydrogen-bond donors (Lipinski definition) is 2. The fourth-order valence-corrected chi connectivity index (χ4v) is 3.37. The Bertz CT molecular complexity index is 959. The van der Waals surface area contributed by atoms with E-state index in [0.29, 0.717) is 11.8 Å². The van der Waals surface area contributed by atoms with Gasteiger partial charge < -0.3 is 14.7 Å². The van der Waals surface area contributed by atoms with Crippen LogP contribution in [0.3, 0.4) is 0 Å². The Morgan fingerprint density at radius 3 is 2.67 bits per heavy atom. The quantitative estimate of drug-likeness (QED) is 0.435. The second-order valence-corrected chi connectivity index (χ2v) is 13.5. The summed E-state index contributed by atoms with van der Waals surface area (Å²) in [6.45, 7) is 0.219. The van der Waals surface area contributed by atoms with Crippen LogP contribution in [0.25, 0.3) is 0 Å². The maximum atomic E-state index is 12.3. The first-order valence-corrected chi connectivity index (χ1v) is 11.2. The molecule has 1 heterocycles. The van der Waals surface area contributed by atoms with Crippen molar-refractivity contribution >= 4 is 28.9 Å². The summed E-state index contributed by atoms with van der Waals surface area (Å²) in [5, 5.41) is 10.6. The van der Waals surface area contributed by atoms with Crippen LogP contribution < -0.4 is 4.72 Å². The number of nitrogens with one attached hydrogen (secondary N) is 1. The van der Waals surface area contributed by atoms with E-state index in [1.54, 1.807) is 12.1 Å². The van der Waals surface area contributed by atoms with Gasteiger partial charge in [-0.05, 0) is 36.2 Å². The van der Waals surface area contributed by atoms with Crippen LogP contribution >= 0.6 is 0 Å². The fraction of sp³-hybridized carbons (Fsp3) is 0.250. The second-order valence-electron chi connectivity index (χ2n) is 5.36. The average molecular weight is 376 g/mol. The molecule has 0 amide bonds. The first-order chi connectivity index (χ1) is 10.9. The largest absolute Gasteiger partial charge is 0.381 e. The fourth-order valence-electron chi connectivity index (χ4n) is 1.82. The number of rotatable bonds is 6. The minimum absolute atomic E-state index is 0.134.